The van der Waals surface area contributed by atoms with Crippen molar-refractivity contribution >= 4 is 18.2 Å². The maximum Gasteiger partial charge on any atom is 0.348 e. The molecule has 0 bridgehead atoms. The molecule has 1 unspecified atom stereocenters. The molecule has 0 radical (unpaired) electrons. The van der Waals surface area contributed by atoms with E-state index in [2.05, 4.69) is 20.1 Å². The highest BCUT2D eigenvalue weighted by Crippen LogP contribution is 2.43. The van der Waals surface area contributed by atoms with Gasteiger partial charge in [-0.25, -0.2) is 15.0 Å². The first-order valence-corrected chi connectivity index (χ1v) is 8.35. The van der Waals surface area contributed by atoms with Gasteiger partial charge in [0.25, 0.3) is 6.08 Å². The fourth-order valence-electron chi connectivity index (χ4n) is 3.21. The Balaban J connectivity index is 1.61. The van der Waals surface area contributed by atoms with Crippen LogP contribution in [0.1, 0.15) is 31.4 Å². The SMILES string of the molecule is COC(C)(C)c1noc(N2C=NC3c4ccccc4-n4c(cnc4F)N32)n1. The zero-order chi connectivity index (χ0) is 18.8. The number of ether oxygens (including phenoxy) is 1. The van der Waals surface area contributed by atoms with Crippen molar-refractivity contribution in [3.05, 3.63) is 47.9 Å². The average molecular weight is 369 g/mol. The molecule has 4 heterocycles. The third-order valence-electron chi connectivity index (χ3n) is 4.83. The summed E-state index contributed by atoms with van der Waals surface area (Å²) in [5.74, 6) is 0.911. The number of fused-ring (bicyclic) bond motifs is 6. The van der Waals surface area contributed by atoms with Gasteiger partial charge in [0.05, 0.1) is 11.9 Å². The van der Waals surface area contributed by atoms with Crippen LogP contribution in [0.15, 0.2) is 40.0 Å². The number of hydrogen-bond donors (Lipinski definition) is 0. The number of methoxy groups -OCH3 is 1. The predicted octanol–water partition coefficient (Wildman–Crippen LogP) is 2.56. The van der Waals surface area contributed by atoms with Gasteiger partial charge < -0.3 is 9.26 Å². The van der Waals surface area contributed by atoms with E-state index in [0.29, 0.717) is 17.3 Å². The van der Waals surface area contributed by atoms with Crippen LogP contribution < -0.4 is 10.0 Å². The van der Waals surface area contributed by atoms with Crippen LogP contribution in [0.5, 0.6) is 0 Å². The fourth-order valence-corrected chi connectivity index (χ4v) is 3.21. The van der Waals surface area contributed by atoms with E-state index in [0.717, 1.165) is 5.56 Å². The molecule has 0 amide bonds. The molecule has 5 rings (SSSR count). The van der Waals surface area contributed by atoms with Crippen LogP contribution in [0.25, 0.3) is 5.69 Å². The van der Waals surface area contributed by atoms with E-state index in [4.69, 9.17) is 9.26 Å². The lowest BCUT2D eigenvalue weighted by Crippen LogP contribution is -2.43. The fraction of sp³-hybridized carbons (Fsp3) is 0.294. The lowest BCUT2D eigenvalue weighted by atomic mass is 10.1. The van der Waals surface area contributed by atoms with Crippen molar-refractivity contribution in [2.45, 2.75) is 25.6 Å². The first-order chi connectivity index (χ1) is 13.0. The van der Waals surface area contributed by atoms with E-state index in [1.807, 2.05) is 38.1 Å². The van der Waals surface area contributed by atoms with Crippen LogP contribution in [0.4, 0.5) is 16.2 Å². The molecule has 0 saturated carbocycles. The maximum absolute atomic E-state index is 14.4. The predicted molar refractivity (Wildman–Crippen MR) is 94.0 cm³/mol. The summed E-state index contributed by atoms with van der Waals surface area (Å²) in [6.45, 7) is 3.67. The Hall–Kier alpha value is -3.27. The summed E-state index contributed by atoms with van der Waals surface area (Å²) in [6, 6.07) is 7.69. The summed E-state index contributed by atoms with van der Waals surface area (Å²) in [7, 11) is 1.58. The van der Waals surface area contributed by atoms with Gasteiger partial charge in [-0.1, -0.05) is 23.4 Å². The largest absolute Gasteiger partial charge is 0.371 e. The number of hydrazine groups is 1. The van der Waals surface area contributed by atoms with E-state index in [9.17, 15) is 4.39 Å². The smallest absolute Gasteiger partial charge is 0.348 e. The Labute approximate surface area is 153 Å². The molecule has 27 heavy (non-hydrogen) atoms. The third kappa shape index (κ3) is 2.13. The van der Waals surface area contributed by atoms with Crippen LogP contribution in [-0.2, 0) is 10.3 Å². The van der Waals surface area contributed by atoms with Crippen LogP contribution in [0.3, 0.4) is 0 Å². The summed E-state index contributed by atoms with van der Waals surface area (Å²) in [5.41, 5.74) is 0.840. The van der Waals surface area contributed by atoms with Crippen molar-refractivity contribution in [3.63, 3.8) is 0 Å². The molecule has 138 valence electrons. The van der Waals surface area contributed by atoms with E-state index in [-0.39, 0.29) is 12.2 Å². The van der Waals surface area contributed by atoms with Crippen molar-refractivity contribution in [3.8, 4) is 5.69 Å². The first kappa shape index (κ1) is 15.9. The van der Waals surface area contributed by atoms with Gasteiger partial charge in [-0.3, -0.25) is 4.57 Å². The summed E-state index contributed by atoms with van der Waals surface area (Å²) >= 11 is 0. The molecule has 1 atom stereocenters. The summed E-state index contributed by atoms with van der Waals surface area (Å²) < 4.78 is 26.7. The number of benzene rings is 1. The van der Waals surface area contributed by atoms with Crippen LogP contribution in [0, 0.1) is 6.08 Å². The molecule has 1 aromatic carbocycles. The van der Waals surface area contributed by atoms with Gasteiger partial charge in [-0.2, -0.15) is 14.4 Å². The van der Waals surface area contributed by atoms with Gasteiger partial charge in [0.1, 0.15) is 11.9 Å². The Bertz CT molecular complexity index is 1060. The standard InChI is InChI=1S/C17H16FN7O2/c1-17(2,26-3)14-21-16(27-22-14)23-9-20-13-10-6-4-5-7-11(10)24-12(25(13)23)8-19-15(24)18/h4-9,13H,1-3H3. The second-order valence-electron chi connectivity index (χ2n) is 6.72. The van der Waals surface area contributed by atoms with Crippen molar-refractivity contribution in [2.75, 3.05) is 17.1 Å². The van der Waals surface area contributed by atoms with E-state index in [1.54, 1.807) is 23.5 Å². The van der Waals surface area contributed by atoms with Crippen molar-refractivity contribution < 1.29 is 13.7 Å². The quantitative estimate of drug-likeness (QED) is 0.701. The van der Waals surface area contributed by atoms with Crippen molar-refractivity contribution in [1.29, 1.82) is 0 Å². The molecular weight excluding hydrogens is 353 g/mol. The minimum atomic E-state index is -0.708. The highest BCUT2D eigenvalue weighted by Gasteiger charge is 2.41. The second kappa shape index (κ2) is 5.36. The average Bonchev–Trinajstić information content (AvgIpc) is 3.39. The molecule has 2 aliphatic heterocycles. The van der Waals surface area contributed by atoms with E-state index >= 15 is 0 Å². The molecular formula is C17H16FN7O2. The number of aromatic nitrogens is 4. The van der Waals surface area contributed by atoms with E-state index in [1.165, 1.54) is 10.8 Å². The van der Waals surface area contributed by atoms with Gasteiger partial charge in [0, 0.05) is 12.7 Å². The van der Waals surface area contributed by atoms with Crippen LogP contribution >= 0.6 is 0 Å². The molecule has 0 N–H and O–H groups in total. The number of rotatable bonds is 3. The lowest BCUT2D eigenvalue weighted by molar-refractivity contribution is 0.00973. The van der Waals surface area contributed by atoms with Crippen molar-refractivity contribution in [1.82, 2.24) is 19.7 Å². The number of halogens is 1. The van der Waals surface area contributed by atoms with Crippen LogP contribution in [0.2, 0.25) is 0 Å². The number of aliphatic imine (C=N–C) groups is 1. The Kier molecular flexibility index (Phi) is 3.17. The second-order valence-corrected chi connectivity index (χ2v) is 6.72. The van der Waals surface area contributed by atoms with Crippen molar-refractivity contribution in [2.24, 2.45) is 4.99 Å². The van der Waals surface area contributed by atoms with Gasteiger partial charge in [-0.05, 0) is 19.9 Å². The van der Waals surface area contributed by atoms with E-state index < -0.39 is 11.7 Å². The lowest BCUT2D eigenvalue weighted by Gasteiger charge is -2.35. The minimum absolute atomic E-state index is 0.203. The van der Waals surface area contributed by atoms with Gasteiger partial charge in [0.2, 0.25) is 5.82 Å². The van der Waals surface area contributed by atoms with Gasteiger partial charge in [-0.15, -0.1) is 0 Å². The molecule has 2 aromatic heterocycles. The number of para-hydroxylation sites is 1. The summed E-state index contributed by atoms with van der Waals surface area (Å²) in [4.78, 5) is 12.8. The molecule has 10 heteroatoms. The molecule has 2 aliphatic rings. The maximum atomic E-state index is 14.4. The third-order valence-corrected chi connectivity index (χ3v) is 4.83. The Morgan fingerprint density at radius 1 is 1.26 bits per heavy atom. The summed E-state index contributed by atoms with van der Waals surface area (Å²) in [6.07, 6.45) is 2.06. The van der Waals surface area contributed by atoms with Gasteiger partial charge >= 0.3 is 6.01 Å². The Morgan fingerprint density at radius 3 is 2.89 bits per heavy atom. The topological polar surface area (TPSA) is 84.8 Å². The normalized spacial score (nSPS) is 17.9. The molecule has 0 spiro atoms. The molecule has 3 aromatic rings. The number of hydrogen-bond acceptors (Lipinski definition) is 8. The first-order valence-electron chi connectivity index (χ1n) is 8.35. The zero-order valence-electron chi connectivity index (χ0n) is 14.9. The molecule has 9 nitrogen and oxygen atoms in total. The molecule has 0 saturated heterocycles. The highest BCUT2D eigenvalue weighted by molar-refractivity contribution is 5.84. The molecule has 0 fully saturated rings. The zero-order valence-corrected chi connectivity index (χ0v) is 14.9. The Morgan fingerprint density at radius 2 is 2.07 bits per heavy atom. The number of imidazole rings is 1. The highest BCUT2D eigenvalue weighted by atomic mass is 19.1. The summed E-state index contributed by atoms with van der Waals surface area (Å²) in [5, 5.41) is 7.36. The monoisotopic (exact) mass is 369 g/mol. The minimum Gasteiger partial charge on any atom is -0.371 e. The number of nitrogens with zero attached hydrogens (tertiary/aromatic N) is 7. The number of anilines is 2. The van der Waals surface area contributed by atoms with Crippen LogP contribution in [-0.4, -0.2) is 33.1 Å². The molecule has 0 aliphatic carbocycles. The van der Waals surface area contributed by atoms with Gasteiger partial charge in [0.15, 0.2) is 12.0 Å².